The first kappa shape index (κ1) is 12.3. The van der Waals surface area contributed by atoms with Gasteiger partial charge in [0.05, 0.1) is 17.4 Å². The molecule has 0 spiro atoms. The molecule has 0 atom stereocenters. The van der Waals surface area contributed by atoms with Crippen molar-refractivity contribution in [1.29, 1.82) is 0 Å². The van der Waals surface area contributed by atoms with Crippen molar-refractivity contribution in [2.24, 2.45) is 0 Å². The van der Waals surface area contributed by atoms with Crippen LogP contribution < -0.4 is 0 Å². The van der Waals surface area contributed by atoms with Gasteiger partial charge in [-0.1, -0.05) is 11.3 Å². The molecular weight excluding hydrogens is 275 g/mol. The Morgan fingerprint density at radius 1 is 1.15 bits per heavy atom. The van der Waals surface area contributed by atoms with Gasteiger partial charge < -0.3 is 0 Å². The lowest BCUT2D eigenvalue weighted by Crippen LogP contribution is -2.06. The Labute approximate surface area is 109 Å². The van der Waals surface area contributed by atoms with Crippen LogP contribution in [-0.4, -0.2) is 35.6 Å². The van der Waals surface area contributed by atoms with Crippen LogP contribution in [0.3, 0.4) is 0 Å². The summed E-state index contributed by atoms with van der Waals surface area (Å²) >= 11 is 0. The molecule has 0 aliphatic carbocycles. The minimum Gasteiger partial charge on any atom is -0.220 e. The fourth-order valence-electron chi connectivity index (χ4n) is 1.59. The SMILES string of the molecule is FC(F)(F)c1cccc(-n2cc(-c3nn[nH]n3)nn2)c1. The Kier molecular flexibility index (Phi) is 2.70. The number of halogens is 3. The smallest absolute Gasteiger partial charge is 0.220 e. The summed E-state index contributed by atoms with van der Waals surface area (Å²) in [7, 11) is 0. The minimum absolute atomic E-state index is 0.211. The van der Waals surface area contributed by atoms with Gasteiger partial charge in [0, 0.05) is 0 Å². The van der Waals surface area contributed by atoms with Crippen LogP contribution in [0.5, 0.6) is 0 Å². The molecule has 0 unspecified atom stereocenters. The van der Waals surface area contributed by atoms with Gasteiger partial charge in [-0.3, -0.25) is 0 Å². The van der Waals surface area contributed by atoms with Crippen LogP contribution in [-0.2, 0) is 6.18 Å². The van der Waals surface area contributed by atoms with Gasteiger partial charge in [0.15, 0.2) is 5.69 Å². The lowest BCUT2D eigenvalue weighted by molar-refractivity contribution is -0.137. The van der Waals surface area contributed by atoms with Crippen LogP contribution in [0.1, 0.15) is 5.56 Å². The van der Waals surface area contributed by atoms with Crippen molar-refractivity contribution >= 4 is 0 Å². The Morgan fingerprint density at radius 3 is 2.70 bits per heavy atom. The lowest BCUT2D eigenvalue weighted by Gasteiger charge is -2.07. The molecule has 102 valence electrons. The van der Waals surface area contributed by atoms with Crippen molar-refractivity contribution in [1.82, 2.24) is 35.6 Å². The molecule has 1 aromatic carbocycles. The van der Waals surface area contributed by atoms with Gasteiger partial charge in [0.2, 0.25) is 5.82 Å². The topological polar surface area (TPSA) is 85.2 Å². The molecule has 0 aliphatic rings. The lowest BCUT2D eigenvalue weighted by atomic mass is 10.2. The highest BCUT2D eigenvalue weighted by atomic mass is 19.4. The van der Waals surface area contributed by atoms with E-state index < -0.39 is 11.7 Å². The molecule has 1 N–H and O–H groups in total. The van der Waals surface area contributed by atoms with Crippen LogP contribution in [0.2, 0.25) is 0 Å². The van der Waals surface area contributed by atoms with Crippen LogP contribution in [0.4, 0.5) is 13.2 Å². The molecule has 2 aromatic heterocycles. The number of tetrazole rings is 1. The third-order valence-corrected chi connectivity index (χ3v) is 2.51. The van der Waals surface area contributed by atoms with E-state index in [4.69, 9.17) is 0 Å². The van der Waals surface area contributed by atoms with E-state index in [2.05, 4.69) is 30.9 Å². The third-order valence-electron chi connectivity index (χ3n) is 2.51. The number of rotatable bonds is 2. The van der Waals surface area contributed by atoms with Gasteiger partial charge in [-0.2, -0.15) is 18.4 Å². The number of H-pyrrole nitrogens is 1. The number of alkyl halides is 3. The van der Waals surface area contributed by atoms with Crippen molar-refractivity contribution in [3.8, 4) is 17.2 Å². The molecule has 0 saturated carbocycles. The molecule has 10 heteroatoms. The minimum atomic E-state index is -4.41. The molecule has 0 radical (unpaired) electrons. The van der Waals surface area contributed by atoms with Gasteiger partial charge in [-0.05, 0) is 23.4 Å². The molecule has 0 fully saturated rings. The molecule has 0 amide bonds. The van der Waals surface area contributed by atoms with Gasteiger partial charge in [-0.25, -0.2) is 4.68 Å². The maximum Gasteiger partial charge on any atom is 0.416 e. The second-order valence-electron chi connectivity index (χ2n) is 3.83. The van der Waals surface area contributed by atoms with Gasteiger partial charge >= 0.3 is 6.18 Å². The number of hydrogen-bond donors (Lipinski definition) is 1. The maximum absolute atomic E-state index is 12.6. The Bertz CT molecular complexity index is 717. The van der Waals surface area contributed by atoms with Crippen molar-refractivity contribution in [3.05, 3.63) is 36.0 Å². The Morgan fingerprint density at radius 2 is 2.00 bits per heavy atom. The summed E-state index contributed by atoms with van der Waals surface area (Å²) in [6.07, 6.45) is -2.99. The van der Waals surface area contributed by atoms with E-state index in [0.717, 1.165) is 12.1 Å². The van der Waals surface area contributed by atoms with E-state index in [1.165, 1.54) is 23.0 Å². The molecule has 3 aromatic rings. The number of aromatic amines is 1. The molecule has 20 heavy (non-hydrogen) atoms. The number of nitrogens with one attached hydrogen (secondary N) is 1. The summed E-state index contributed by atoms with van der Waals surface area (Å²) in [5, 5.41) is 20.5. The Balaban J connectivity index is 1.98. The summed E-state index contributed by atoms with van der Waals surface area (Å²) in [5.41, 5.74) is -0.218. The number of nitrogens with zero attached hydrogens (tertiary/aromatic N) is 6. The van der Waals surface area contributed by atoms with E-state index in [-0.39, 0.29) is 11.5 Å². The van der Waals surface area contributed by atoms with Crippen LogP contribution in [0.25, 0.3) is 17.2 Å². The summed E-state index contributed by atoms with van der Waals surface area (Å²) in [5.74, 6) is 0.211. The van der Waals surface area contributed by atoms with E-state index in [1.54, 1.807) is 0 Å². The van der Waals surface area contributed by atoms with Crippen molar-refractivity contribution in [2.45, 2.75) is 6.18 Å². The van der Waals surface area contributed by atoms with Crippen LogP contribution in [0.15, 0.2) is 30.5 Å². The second-order valence-corrected chi connectivity index (χ2v) is 3.83. The quantitative estimate of drug-likeness (QED) is 0.768. The summed E-state index contributed by atoms with van der Waals surface area (Å²) in [4.78, 5) is 0. The molecule has 7 nitrogen and oxygen atoms in total. The van der Waals surface area contributed by atoms with Crippen molar-refractivity contribution in [3.63, 3.8) is 0 Å². The highest BCUT2D eigenvalue weighted by molar-refractivity contribution is 5.46. The maximum atomic E-state index is 12.6. The first-order valence-electron chi connectivity index (χ1n) is 5.38. The van der Waals surface area contributed by atoms with Crippen LogP contribution >= 0.6 is 0 Å². The summed E-state index contributed by atoms with van der Waals surface area (Å²) in [6, 6.07) is 4.76. The predicted octanol–water partition coefficient (Wildman–Crippen LogP) is 1.47. The second kappa shape index (κ2) is 4.40. The van der Waals surface area contributed by atoms with E-state index in [9.17, 15) is 13.2 Å². The molecule has 0 saturated heterocycles. The van der Waals surface area contributed by atoms with Gasteiger partial charge in [-0.15, -0.1) is 15.3 Å². The van der Waals surface area contributed by atoms with Crippen molar-refractivity contribution < 1.29 is 13.2 Å². The van der Waals surface area contributed by atoms with E-state index in [1.807, 2.05) is 0 Å². The zero-order chi connectivity index (χ0) is 14.2. The van der Waals surface area contributed by atoms with Crippen molar-refractivity contribution in [2.75, 3.05) is 0 Å². The average Bonchev–Trinajstić information content (AvgIpc) is 3.09. The summed E-state index contributed by atoms with van der Waals surface area (Å²) < 4.78 is 39.1. The van der Waals surface area contributed by atoms with E-state index >= 15 is 0 Å². The third kappa shape index (κ3) is 2.22. The van der Waals surface area contributed by atoms with Crippen LogP contribution in [0, 0.1) is 0 Å². The highest BCUT2D eigenvalue weighted by Crippen LogP contribution is 2.30. The fraction of sp³-hybridized carbons (Fsp3) is 0.100. The first-order chi connectivity index (χ1) is 9.54. The largest absolute Gasteiger partial charge is 0.416 e. The van der Waals surface area contributed by atoms with Gasteiger partial charge in [0.25, 0.3) is 0 Å². The Hall–Kier alpha value is -2.78. The molecule has 3 rings (SSSR count). The standard InChI is InChI=1S/C10H6F3N7/c11-10(12,13)6-2-1-3-7(4-6)20-5-8(14-19-20)9-15-17-18-16-9/h1-5H,(H,15,16,17,18). The predicted molar refractivity (Wildman–Crippen MR) is 59.5 cm³/mol. The summed E-state index contributed by atoms with van der Waals surface area (Å²) in [6.45, 7) is 0. The molecule has 0 bridgehead atoms. The highest BCUT2D eigenvalue weighted by Gasteiger charge is 2.30. The fourth-order valence-corrected chi connectivity index (χ4v) is 1.59. The molecule has 0 aliphatic heterocycles. The number of aromatic nitrogens is 7. The van der Waals surface area contributed by atoms with E-state index in [0.29, 0.717) is 5.69 Å². The zero-order valence-corrected chi connectivity index (χ0v) is 9.70. The zero-order valence-electron chi connectivity index (χ0n) is 9.70. The number of hydrogen-bond acceptors (Lipinski definition) is 5. The molecule has 2 heterocycles. The molecular formula is C10H6F3N7. The number of benzene rings is 1. The normalized spacial score (nSPS) is 11.8. The average molecular weight is 281 g/mol. The monoisotopic (exact) mass is 281 g/mol. The first-order valence-corrected chi connectivity index (χ1v) is 5.38. The van der Waals surface area contributed by atoms with Gasteiger partial charge in [0.1, 0.15) is 0 Å².